The van der Waals surface area contributed by atoms with Crippen molar-refractivity contribution < 1.29 is 19.5 Å². The number of nitrogens with zero attached hydrogens (tertiary/aromatic N) is 2. The molecule has 3 aromatic rings. The fourth-order valence-electron chi connectivity index (χ4n) is 4.74. The quantitative estimate of drug-likeness (QED) is 0.334. The minimum absolute atomic E-state index is 0.00562. The second-order valence-corrected chi connectivity index (χ2v) is 10.7. The smallest absolute Gasteiger partial charge is 0.273 e. The number of rotatable bonds is 8. The van der Waals surface area contributed by atoms with Crippen molar-refractivity contribution in [3.8, 4) is 5.75 Å². The van der Waals surface area contributed by atoms with Gasteiger partial charge in [0.1, 0.15) is 16.7 Å². The predicted molar refractivity (Wildman–Crippen MR) is 148 cm³/mol. The van der Waals surface area contributed by atoms with Gasteiger partial charge in [-0.1, -0.05) is 57.4 Å². The van der Waals surface area contributed by atoms with Gasteiger partial charge in [0.2, 0.25) is 5.91 Å². The Morgan fingerprint density at radius 3 is 2.16 bits per heavy atom. The van der Waals surface area contributed by atoms with Gasteiger partial charge in [0.05, 0.1) is 5.69 Å². The van der Waals surface area contributed by atoms with E-state index in [0.717, 1.165) is 49.2 Å². The minimum atomic E-state index is -1.08. The number of carbonyl (C=O) groups is 3. The number of hydrogen-bond acceptors (Lipinski definition) is 7. The van der Waals surface area contributed by atoms with Crippen molar-refractivity contribution in [1.82, 2.24) is 9.69 Å². The largest absolute Gasteiger partial charge is 0.508 e. The Bertz CT molecular complexity index is 1300. The highest BCUT2D eigenvalue weighted by molar-refractivity contribution is 7.09. The van der Waals surface area contributed by atoms with Crippen molar-refractivity contribution in [2.24, 2.45) is 5.73 Å². The summed E-state index contributed by atoms with van der Waals surface area (Å²) in [6.45, 7) is 4.14. The van der Waals surface area contributed by atoms with Crippen molar-refractivity contribution in [2.75, 3.05) is 10.6 Å². The summed E-state index contributed by atoms with van der Waals surface area (Å²) >= 11 is 0.767. The zero-order valence-electron chi connectivity index (χ0n) is 21.5. The fourth-order valence-corrected chi connectivity index (χ4v) is 5.49. The number of amides is 3. The van der Waals surface area contributed by atoms with Crippen LogP contribution >= 0.6 is 11.5 Å². The number of aromatic hydroxyl groups is 1. The first-order valence-corrected chi connectivity index (χ1v) is 13.5. The number of primary amides is 1. The maximum Gasteiger partial charge on any atom is 0.273 e. The lowest BCUT2D eigenvalue weighted by Gasteiger charge is -2.33. The van der Waals surface area contributed by atoms with Crippen LogP contribution in [0.25, 0.3) is 0 Å². The molecule has 1 aliphatic carbocycles. The van der Waals surface area contributed by atoms with Crippen molar-refractivity contribution in [1.29, 1.82) is 0 Å². The SMILES string of the molecule is CC(C)c1ccc(N(C(=O)c2snc(C(N)=O)c2N)[C@@H](C(=O)NC2CCCCC2)c2ccc(O)cc2)cc1. The summed E-state index contributed by atoms with van der Waals surface area (Å²) < 4.78 is 3.99. The first kappa shape index (κ1) is 27.1. The van der Waals surface area contributed by atoms with Crippen molar-refractivity contribution in [3.05, 3.63) is 70.2 Å². The number of nitrogen functional groups attached to an aromatic ring is 1. The topological polar surface area (TPSA) is 152 Å². The van der Waals surface area contributed by atoms with Crippen LogP contribution in [-0.4, -0.2) is 33.2 Å². The summed E-state index contributed by atoms with van der Waals surface area (Å²) in [6.07, 6.45) is 4.93. The lowest BCUT2D eigenvalue weighted by atomic mass is 9.94. The zero-order valence-corrected chi connectivity index (χ0v) is 22.3. The molecular weight excluding hydrogens is 502 g/mol. The number of nitrogens with one attached hydrogen (secondary N) is 1. The normalized spacial score (nSPS) is 14.7. The van der Waals surface area contributed by atoms with Crippen LogP contribution in [0.15, 0.2) is 48.5 Å². The van der Waals surface area contributed by atoms with E-state index in [9.17, 15) is 19.5 Å². The molecule has 0 radical (unpaired) electrons. The summed E-state index contributed by atoms with van der Waals surface area (Å²) in [7, 11) is 0. The molecule has 0 spiro atoms. The van der Waals surface area contributed by atoms with Gasteiger partial charge in [-0.15, -0.1) is 0 Å². The summed E-state index contributed by atoms with van der Waals surface area (Å²) in [5, 5.41) is 13.0. The number of carbonyl (C=O) groups excluding carboxylic acids is 3. The highest BCUT2D eigenvalue weighted by atomic mass is 32.1. The zero-order chi connectivity index (χ0) is 27.4. The van der Waals surface area contributed by atoms with E-state index in [4.69, 9.17) is 11.5 Å². The molecular formula is C28H33N5O4S. The molecule has 2 aromatic carbocycles. The third-order valence-corrected chi connectivity index (χ3v) is 7.73. The van der Waals surface area contributed by atoms with Gasteiger partial charge in [0, 0.05) is 11.7 Å². The van der Waals surface area contributed by atoms with Gasteiger partial charge in [-0.2, -0.15) is 4.37 Å². The maximum absolute atomic E-state index is 14.1. The van der Waals surface area contributed by atoms with E-state index in [1.807, 2.05) is 12.1 Å². The lowest BCUT2D eigenvalue weighted by molar-refractivity contribution is -0.123. The van der Waals surface area contributed by atoms with Gasteiger partial charge in [-0.25, -0.2) is 0 Å². The third kappa shape index (κ3) is 5.80. The molecule has 0 aliphatic heterocycles. The summed E-state index contributed by atoms with van der Waals surface area (Å²) in [5.41, 5.74) is 13.3. The predicted octanol–water partition coefficient (Wildman–Crippen LogP) is 4.49. The van der Waals surface area contributed by atoms with Gasteiger partial charge in [0.15, 0.2) is 5.69 Å². The summed E-state index contributed by atoms with van der Waals surface area (Å²) in [5.74, 6) is -1.46. The summed E-state index contributed by atoms with van der Waals surface area (Å²) in [6, 6.07) is 12.5. The van der Waals surface area contributed by atoms with Crippen molar-refractivity contribution in [2.45, 2.75) is 64.0 Å². The molecule has 1 fully saturated rings. The van der Waals surface area contributed by atoms with E-state index in [1.54, 1.807) is 24.3 Å². The molecule has 1 atom stereocenters. The molecule has 6 N–H and O–H groups in total. The van der Waals surface area contributed by atoms with Crippen LogP contribution < -0.4 is 21.7 Å². The van der Waals surface area contributed by atoms with Crippen LogP contribution in [0, 0.1) is 0 Å². The third-order valence-electron chi connectivity index (χ3n) is 6.88. The van der Waals surface area contributed by atoms with Gasteiger partial charge in [0.25, 0.3) is 11.8 Å². The molecule has 1 aromatic heterocycles. The van der Waals surface area contributed by atoms with Crippen LogP contribution in [-0.2, 0) is 4.79 Å². The van der Waals surface area contributed by atoms with Crippen LogP contribution in [0.5, 0.6) is 5.75 Å². The van der Waals surface area contributed by atoms with Crippen LogP contribution in [0.2, 0.25) is 0 Å². The van der Waals surface area contributed by atoms with E-state index >= 15 is 0 Å². The number of hydrogen-bond donors (Lipinski definition) is 4. The van der Waals surface area contributed by atoms with Crippen LogP contribution in [0.3, 0.4) is 0 Å². The number of phenolic OH excluding ortho intramolecular Hbond substituents is 1. The number of phenols is 1. The van der Waals surface area contributed by atoms with Crippen LogP contribution in [0.1, 0.15) is 89.2 Å². The molecule has 3 amide bonds. The molecule has 0 saturated heterocycles. The highest BCUT2D eigenvalue weighted by Crippen LogP contribution is 2.34. The van der Waals surface area contributed by atoms with E-state index in [1.165, 1.54) is 17.0 Å². The lowest BCUT2D eigenvalue weighted by Crippen LogP contribution is -2.47. The minimum Gasteiger partial charge on any atom is -0.508 e. The number of aromatic nitrogens is 1. The van der Waals surface area contributed by atoms with Gasteiger partial charge in [-0.3, -0.25) is 19.3 Å². The molecule has 1 aliphatic rings. The number of nitrogens with two attached hydrogens (primary N) is 2. The van der Waals surface area contributed by atoms with E-state index in [-0.39, 0.29) is 39.9 Å². The van der Waals surface area contributed by atoms with Crippen molar-refractivity contribution in [3.63, 3.8) is 0 Å². The van der Waals surface area contributed by atoms with Crippen molar-refractivity contribution >= 4 is 40.6 Å². The number of anilines is 2. The molecule has 1 heterocycles. The molecule has 38 heavy (non-hydrogen) atoms. The second kappa shape index (κ2) is 11.6. The first-order chi connectivity index (χ1) is 18.2. The average Bonchev–Trinajstić information content (AvgIpc) is 3.29. The Morgan fingerprint density at radius 2 is 1.61 bits per heavy atom. The Labute approximate surface area is 226 Å². The monoisotopic (exact) mass is 535 g/mol. The number of benzene rings is 2. The Balaban J connectivity index is 1.84. The molecule has 0 bridgehead atoms. The molecule has 9 nitrogen and oxygen atoms in total. The molecule has 4 rings (SSSR count). The Kier molecular flexibility index (Phi) is 8.31. The molecule has 0 unspecified atom stereocenters. The Hall–Kier alpha value is -3.92. The average molecular weight is 536 g/mol. The van der Waals surface area contributed by atoms with E-state index in [2.05, 4.69) is 23.5 Å². The molecule has 200 valence electrons. The first-order valence-electron chi connectivity index (χ1n) is 12.7. The molecule has 10 heteroatoms. The van der Waals surface area contributed by atoms with E-state index < -0.39 is 17.9 Å². The standard InChI is InChI=1S/C28H33N5O4S/c1-16(2)17-8-12-20(13-9-17)33(28(37)25-22(29)23(26(30)35)32-38-25)24(18-10-14-21(34)15-11-18)27(36)31-19-6-4-3-5-7-19/h8-16,19,24,34H,3-7,29H2,1-2H3,(H2,30,35)(H,31,36)/t24-/m1/s1. The Morgan fingerprint density at radius 1 is 1.00 bits per heavy atom. The highest BCUT2D eigenvalue weighted by Gasteiger charge is 2.37. The fraction of sp³-hybridized carbons (Fsp3) is 0.357. The van der Waals surface area contributed by atoms with Crippen LogP contribution in [0.4, 0.5) is 11.4 Å². The molecule has 1 saturated carbocycles. The second-order valence-electron chi connectivity index (χ2n) is 9.90. The van der Waals surface area contributed by atoms with E-state index in [0.29, 0.717) is 11.3 Å². The summed E-state index contributed by atoms with van der Waals surface area (Å²) in [4.78, 5) is 41.3. The maximum atomic E-state index is 14.1. The van der Waals surface area contributed by atoms with Gasteiger partial charge < -0.3 is 21.9 Å². The van der Waals surface area contributed by atoms with Gasteiger partial charge in [-0.05, 0) is 65.7 Å². The van der Waals surface area contributed by atoms with Gasteiger partial charge >= 0.3 is 0 Å².